The van der Waals surface area contributed by atoms with Crippen molar-refractivity contribution in [2.45, 2.75) is 202 Å². The van der Waals surface area contributed by atoms with Gasteiger partial charge in [-0.3, -0.25) is 14.9 Å². The Hall–Kier alpha value is -3.85. The van der Waals surface area contributed by atoms with Crippen LogP contribution < -0.4 is 5.32 Å². The highest BCUT2D eigenvalue weighted by molar-refractivity contribution is 5.94. The van der Waals surface area contributed by atoms with Crippen molar-refractivity contribution in [2.75, 3.05) is 26.4 Å². The van der Waals surface area contributed by atoms with Crippen molar-refractivity contribution in [3.63, 3.8) is 0 Å². The molecule has 2 aromatic rings. The van der Waals surface area contributed by atoms with Gasteiger partial charge in [0.1, 0.15) is 35.8 Å². The zero-order chi connectivity index (χ0) is 57.2. The minimum Gasteiger partial charge on any atom is -0.469 e. The van der Waals surface area contributed by atoms with E-state index in [0.717, 1.165) is 109 Å². The van der Waals surface area contributed by atoms with E-state index in [4.69, 9.17) is 23.4 Å². The molecule has 5 bridgehead atoms. The minimum absolute atomic E-state index is 0.0568. The molecule has 19 rings (SSSR count). The number of furan rings is 1. The first-order chi connectivity index (χ1) is 41.2. The number of rotatable bonds is 9. The average Bonchev–Trinajstić information content (AvgIpc) is 1.44. The van der Waals surface area contributed by atoms with Crippen LogP contribution in [0, 0.1) is 109 Å². The predicted octanol–water partition coefficient (Wildman–Crippen LogP) is 9.75. The monoisotopic (exact) mass is 1160 g/mol. The molecule has 26 atom stereocenters. The van der Waals surface area contributed by atoms with E-state index in [1.54, 1.807) is 6.26 Å². The van der Waals surface area contributed by atoms with E-state index in [2.05, 4.69) is 72.7 Å². The Morgan fingerprint density at radius 3 is 2.55 bits per heavy atom. The molecule has 10 saturated carbocycles. The fraction of sp³-hybridized carbons (Fsp3) is 0.764. The van der Waals surface area contributed by atoms with Crippen molar-refractivity contribution in [1.82, 2.24) is 10.2 Å². The van der Waals surface area contributed by atoms with Crippen molar-refractivity contribution in [1.29, 1.82) is 0 Å². The Bertz CT molecular complexity index is 3240. The lowest BCUT2D eigenvalue weighted by atomic mass is 9.29. The third-order valence-corrected chi connectivity index (χ3v) is 30.9. The molecule has 0 amide bonds. The van der Waals surface area contributed by atoms with E-state index < -0.39 is 80.7 Å². The molecule has 454 valence electrons. The number of cyclic esters (lactones) is 2. The number of nitrogens with zero attached hydrogens (tertiary/aromatic N) is 1. The van der Waals surface area contributed by atoms with Crippen molar-refractivity contribution in [2.24, 2.45) is 109 Å². The summed E-state index contributed by atoms with van der Waals surface area (Å²) >= 11 is 0. The van der Waals surface area contributed by atoms with Crippen LogP contribution in [-0.4, -0.2) is 106 Å². The second-order valence-electron chi connectivity index (χ2n) is 32.8. The summed E-state index contributed by atoms with van der Waals surface area (Å²) in [6.45, 7) is 6.03. The normalized spacial score (nSPS) is 53.3. The van der Waals surface area contributed by atoms with E-state index >= 15 is 14.4 Å². The summed E-state index contributed by atoms with van der Waals surface area (Å²) in [6.07, 6.45) is 25.8. The average molecular weight is 1160 g/mol. The molecule has 5 saturated heterocycles. The van der Waals surface area contributed by atoms with Gasteiger partial charge in [-0.15, -0.1) is 0 Å². The molecule has 4 N–H and O–H groups in total. The topological polar surface area (TPSA) is 181 Å². The predicted molar refractivity (Wildman–Crippen MR) is 310 cm³/mol. The summed E-state index contributed by atoms with van der Waals surface area (Å²) < 4.78 is 37.0. The van der Waals surface area contributed by atoms with Gasteiger partial charge in [0.2, 0.25) is 0 Å². The largest absolute Gasteiger partial charge is 0.469 e. The van der Waals surface area contributed by atoms with Crippen LogP contribution in [0.25, 0.3) is 0 Å². The maximum Gasteiger partial charge on any atom is 0.339 e. The van der Waals surface area contributed by atoms with Gasteiger partial charge in [-0.2, -0.15) is 0 Å². The second kappa shape index (κ2) is 17.3. The summed E-state index contributed by atoms with van der Waals surface area (Å²) in [6, 6.07) is 13.3. The van der Waals surface area contributed by atoms with Crippen LogP contribution >= 0.6 is 0 Å². The molecule has 1 aromatic heterocycles. The van der Waals surface area contributed by atoms with Gasteiger partial charge in [0.15, 0.2) is 11.9 Å². The van der Waals surface area contributed by atoms with Gasteiger partial charge in [0.25, 0.3) is 0 Å². The van der Waals surface area contributed by atoms with E-state index in [1.807, 2.05) is 6.07 Å². The number of fused-ring (bicyclic) bond motifs is 7. The molecule has 8 heterocycles. The first kappa shape index (κ1) is 53.0. The van der Waals surface area contributed by atoms with Gasteiger partial charge < -0.3 is 43.6 Å². The first-order valence-electron chi connectivity index (χ1n) is 34.4. The molecule has 85 heavy (non-hydrogen) atoms. The zero-order valence-corrected chi connectivity index (χ0v) is 50.1. The van der Waals surface area contributed by atoms with Crippen LogP contribution in [0.4, 0.5) is 0 Å². The van der Waals surface area contributed by atoms with E-state index in [1.165, 1.54) is 43.2 Å². The van der Waals surface area contributed by atoms with Gasteiger partial charge >= 0.3 is 11.9 Å². The number of carbonyl (C=O) groups is 3. The molecule has 7 aliphatic heterocycles. The smallest absolute Gasteiger partial charge is 0.339 e. The van der Waals surface area contributed by atoms with Gasteiger partial charge in [-0.1, -0.05) is 75.1 Å². The second-order valence-corrected chi connectivity index (χ2v) is 32.8. The third kappa shape index (κ3) is 5.85. The number of Topliss-reactive ketones (excluding diaryl/α,β-unsaturated/α-hetero) is 1. The maximum absolute atomic E-state index is 17.2. The minimum atomic E-state index is -1.49. The first-order valence-corrected chi connectivity index (χ1v) is 34.4. The van der Waals surface area contributed by atoms with E-state index in [9.17, 15) is 15.3 Å². The molecule has 10 aliphatic carbocycles. The standard InChI is InChI=1S/C72H90N2O11/c1-64-34-49-50-15-16-54-66(21-6-7-22-66)25-26-67(54)24-18-44-32-45-17-23-65(2)57-55(77)59(78)70(43-12-8-11-40(30-43)29-39-9-4-3-5-10-39,56(49)68(57)37-82-62(79)58(69(44,50)67)71(45,68)85-65)72(64)61(84-72)63(80)83-60(64)47-20-28-81-53(47)33-48(52(76)36-75)41-13-14-46-42(31-41)19-27-74-38-73-35-51(46)74/h3-5,9-10,17,19-20,27-28,40-44,46,48-52,54,56-61,73,75-76,78H,6-8,11-16,18,21-26,29-38H2,1-2H3. The number of allylic oxidation sites excluding steroid dienone is 1. The Kier molecular flexibility index (Phi) is 10.8. The number of aliphatic hydroxyl groups excluding tert-OH is 3. The highest BCUT2D eigenvalue weighted by Crippen LogP contribution is 2.94. The van der Waals surface area contributed by atoms with Gasteiger partial charge in [-0.25, -0.2) is 4.79 Å². The molecule has 13 nitrogen and oxygen atoms in total. The van der Waals surface area contributed by atoms with Crippen LogP contribution in [0.3, 0.4) is 0 Å². The number of aliphatic hydroxyl groups is 3. The fourth-order valence-electron chi connectivity index (χ4n) is 29.1. The summed E-state index contributed by atoms with van der Waals surface area (Å²) in [4.78, 5) is 51.7. The number of hydrogen-bond donors (Lipinski definition) is 4. The number of ketones is 1. The lowest BCUT2D eigenvalue weighted by Crippen LogP contribution is -2.82. The number of carbonyl (C=O) groups excluding carboxylic acids is 3. The van der Waals surface area contributed by atoms with Gasteiger partial charge in [0.05, 0.1) is 48.5 Å². The van der Waals surface area contributed by atoms with E-state index in [-0.39, 0.29) is 83.1 Å². The van der Waals surface area contributed by atoms with Crippen molar-refractivity contribution in [3.05, 3.63) is 83.5 Å². The van der Waals surface area contributed by atoms with Gasteiger partial charge in [-0.05, 0) is 221 Å². The van der Waals surface area contributed by atoms with Crippen LogP contribution in [0.5, 0.6) is 0 Å². The maximum atomic E-state index is 17.2. The summed E-state index contributed by atoms with van der Waals surface area (Å²) in [5, 5.41) is 41.3. The van der Waals surface area contributed by atoms with Gasteiger partial charge in [0, 0.05) is 35.4 Å². The number of nitrogens with one attached hydrogen (secondary N) is 1. The molecular formula is C72H90N2O11. The van der Waals surface area contributed by atoms with Crippen LogP contribution in [0.15, 0.2) is 71.0 Å². The number of hydrogen-bond acceptors (Lipinski definition) is 13. The number of ether oxygens (including phenoxy) is 4. The van der Waals surface area contributed by atoms with Crippen molar-refractivity contribution < 1.29 is 53.1 Å². The van der Waals surface area contributed by atoms with Crippen LogP contribution in [0.1, 0.15) is 165 Å². The Balaban J connectivity index is 0.825. The summed E-state index contributed by atoms with van der Waals surface area (Å²) in [7, 11) is 0. The van der Waals surface area contributed by atoms with Crippen molar-refractivity contribution in [3.8, 4) is 0 Å². The highest BCUT2D eigenvalue weighted by Gasteiger charge is 3.00. The molecule has 26 unspecified atom stereocenters. The van der Waals surface area contributed by atoms with Crippen LogP contribution in [-0.2, 0) is 46.2 Å². The Labute approximate surface area is 500 Å². The molecule has 0 radical (unpaired) electrons. The Morgan fingerprint density at radius 1 is 0.847 bits per heavy atom. The lowest BCUT2D eigenvalue weighted by molar-refractivity contribution is -0.302. The number of epoxide rings is 1. The SMILES string of the molecule is CC12CC=C3CC4CCC56CCC7(CCCC7)C5CCC5C7CC8(C)C(c9ccoc9CC(C(O)CO)C9CCC%10C(C=CN%11CNCC%10%11)C9)OC(=O)C9OC98C8(C9CCCC(Cc%10ccccc%10)C9)C(O)C(=O)C1C1(COC(=O)C(C31O2)C456)C78. The number of benzene rings is 1. The quantitative estimate of drug-likeness (QED) is 0.106. The summed E-state index contributed by atoms with van der Waals surface area (Å²) in [5.74, 6) is -0.406. The zero-order valence-electron chi connectivity index (χ0n) is 50.1. The lowest BCUT2D eigenvalue weighted by Gasteiger charge is -2.73. The number of esters is 2. The molecule has 13 heteroatoms. The molecule has 15 fully saturated rings. The van der Waals surface area contributed by atoms with E-state index in [0.29, 0.717) is 48.8 Å². The molecule has 17 aliphatic rings. The molecule has 1 aromatic carbocycles. The fourth-order valence-corrected chi connectivity index (χ4v) is 29.1. The third-order valence-electron chi connectivity index (χ3n) is 30.9. The Morgan fingerprint density at radius 2 is 1.71 bits per heavy atom. The van der Waals surface area contributed by atoms with Crippen molar-refractivity contribution >= 4 is 17.7 Å². The molecular weight excluding hydrogens is 1070 g/mol. The highest BCUT2D eigenvalue weighted by atomic mass is 16.7. The summed E-state index contributed by atoms with van der Waals surface area (Å²) in [5.41, 5.74) is -3.79. The van der Waals surface area contributed by atoms with Crippen LogP contribution in [0.2, 0.25) is 0 Å². The molecule has 6 spiro atoms.